The molecule has 3 aliphatic carbocycles. The van der Waals surface area contributed by atoms with Crippen molar-refractivity contribution >= 4 is 17.5 Å². The van der Waals surface area contributed by atoms with Gasteiger partial charge in [-0.2, -0.15) is 18.2 Å². The number of hydrogen-bond donors (Lipinski definition) is 1. The van der Waals surface area contributed by atoms with Gasteiger partial charge in [0.1, 0.15) is 17.3 Å². The van der Waals surface area contributed by atoms with Crippen LogP contribution in [0.3, 0.4) is 0 Å². The predicted molar refractivity (Wildman–Crippen MR) is 111 cm³/mol. The highest BCUT2D eigenvalue weighted by molar-refractivity contribution is 6.30. The number of nitrogens with one attached hydrogen (secondary N) is 1. The van der Waals surface area contributed by atoms with Crippen molar-refractivity contribution in [2.24, 2.45) is 0 Å². The Bertz CT molecular complexity index is 1260. The van der Waals surface area contributed by atoms with E-state index >= 15 is 0 Å². The zero-order valence-corrected chi connectivity index (χ0v) is 18.6. The summed E-state index contributed by atoms with van der Waals surface area (Å²) in [6.45, 7) is -0.463. The van der Waals surface area contributed by atoms with Gasteiger partial charge in [0, 0.05) is 17.8 Å². The normalized spacial score (nSPS) is 22.7. The van der Waals surface area contributed by atoms with Crippen LogP contribution >= 0.6 is 11.6 Å². The van der Waals surface area contributed by atoms with Crippen LogP contribution in [0.1, 0.15) is 36.5 Å². The van der Waals surface area contributed by atoms with E-state index in [4.69, 9.17) is 25.6 Å². The monoisotopic (exact) mass is 512 g/mol. The maximum absolute atomic E-state index is 13.5. The Labute approximate surface area is 200 Å². The second-order valence-electron chi connectivity index (χ2n) is 8.72. The number of amides is 1. The average Bonchev–Trinajstić information content (AvgIpc) is 3.23. The number of carbonyl (C=O) groups is 1. The molecule has 0 aliphatic heterocycles. The second-order valence-corrected chi connectivity index (χ2v) is 9.12. The van der Waals surface area contributed by atoms with Gasteiger partial charge in [-0.25, -0.2) is 4.39 Å². The summed E-state index contributed by atoms with van der Waals surface area (Å²) >= 11 is 5.62. The highest BCUT2D eigenvalue weighted by atomic mass is 35.5. The minimum Gasteiger partial charge on any atom is -0.484 e. The lowest BCUT2D eigenvalue weighted by Gasteiger charge is -2.68. The van der Waals surface area contributed by atoms with E-state index in [0.29, 0.717) is 31.4 Å². The molecule has 3 aromatic rings. The molecule has 0 unspecified atom stereocenters. The van der Waals surface area contributed by atoms with Crippen molar-refractivity contribution in [2.45, 2.75) is 43.0 Å². The quantitative estimate of drug-likeness (QED) is 0.451. The highest BCUT2D eigenvalue weighted by Gasteiger charge is 2.72. The molecule has 184 valence electrons. The van der Waals surface area contributed by atoms with E-state index in [1.165, 1.54) is 12.1 Å². The predicted octanol–water partition coefficient (Wildman–Crippen LogP) is 4.22. The van der Waals surface area contributed by atoms with Crippen molar-refractivity contribution in [3.63, 3.8) is 0 Å². The number of rotatable bonds is 8. The molecule has 13 heteroatoms. The number of carbonyl (C=O) groups excluding carboxylic acids is 1. The van der Waals surface area contributed by atoms with Crippen LogP contribution in [0.5, 0.6) is 11.5 Å². The molecule has 1 N–H and O–H groups in total. The van der Waals surface area contributed by atoms with E-state index in [1.807, 2.05) is 0 Å². The molecule has 6 rings (SSSR count). The minimum absolute atomic E-state index is 0.0376. The molecule has 2 heterocycles. The first-order valence-corrected chi connectivity index (χ1v) is 10.8. The Morgan fingerprint density at radius 1 is 1.14 bits per heavy atom. The average molecular weight is 513 g/mol. The van der Waals surface area contributed by atoms with Gasteiger partial charge < -0.3 is 19.3 Å². The fraction of sp³-hybridized carbons (Fsp3) is 0.364. The van der Waals surface area contributed by atoms with Crippen LogP contribution in [-0.4, -0.2) is 33.2 Å². The number of benzene rings is 1. The lowest BCUT2D eigenvalue weighted by Crippen LogP contribution is -2.77. The van der Waals surface area contributed by atoms with Gasteiger partial charge in [-0.05, 0) is 37.5 Å². The van der Waals surface area contributed by atoms with Crippen LogP contribution in [0.4, 0.5) is 17.6 Å². The smallest absolute Gasteiger partial charge is 0.418 e. The summed E-state index contributed by atoms with van der Waals surface area (Å²) in [6.07, 6.45) is -0.859. The van der Waals surface area contributed by atoms with E-state index in [2.05, 4.69) is 20.4 Å². The van der Waals surface area contributed by atoms with Crippen molar-refractivity contribution in [3.05, 3.63) is 64.8 Å². The largest absolute Gasteiger partial charge is 0.484 e. The Morgan fingerprint density at radius 2 is 1.91 bits per heavy atom. The number of ether oxygens (including phenoxy) is 2. The molecule has 3 saturated carbocycles. The molecule has 0 spiro atoms. The third-order valence-electron chi connectivity index (χ3n) is 6.03. The molecule has 1 amide bonds. The van der Waals surface area contributed by atoms with Gasteiger partial charge in [-0.3, -0.25) is 9.78 Å². The summed E-state index contributed by atoms with van der Waals surface area (Å²) < 4.78 is 67.8. The molecule has 35 heavy (non-hydrogen) atoms. The fourth-order valence-electron chi connectivity index (χ4n) is 4.52. The number of halogens is 5. The van der Waals surface area contributed by atoms with Crippen LogP contribution < -0.4 is 14.8 Å². The van der Waals surface area contributed by atoms with Crippen molar-refractivity contribution in [3.8, 4) is 11.5 Å². The molecular weight excluding hydrogens is 496 g/mol. The highest BCUT2D eigenvalue weighted by Crippen LogP contribution is 2.67. The summed E-state index contributed by atoms with van der Waals surface area (Å²) in [6, 6.07) is 4.76. The molecule has 8 nitrogen and oxygen atoms in total. The SMILES string of the molecule is O=C(COc1ccc(Cl)c(F)c1)NC12CC(c3nc(COc4cncc(C(F)(F)F)c4)no3)(C1)C2. The van der Waals surface area contributed by atoms with Crippen molar-refractivity contribution in [1.29, 1.82) is 0 Å². The third-order valence-corrected chi connectivity index (χ3v) is 6.33. The van der Waals surface area contributed by atoms with E-state index in [9.17, 15) is 22.4 Å². The van der Waals surface area contributed by atoms with Crippen LogP contribution in [-0.2, 0) is 23.0 Å². The molecule has 0 saturated heterocycles. The van der Waals surface area contributed by atoms with Gasteiger partial charge in [-0.15, -0.1) is 0 Å². The molecule has 0 atom stereocenters. The van der Waals surface area contributed by atoms with Crippen molar-refractivity contribution < 1.29 is 36.4 Å². The van der Waals surface area contributed by atoms with E-state index in [1.54, 1.807) is 0 Å². The number of alkyl halides is 3. The Morgan fingerprint density at radius 3 is 2.63 bits per heavy atom. The maximum Gasteiger partial charge on any atom is 0.418 e. The van der Waals surface area contributed by atoms with Crippen LogP contribution in [0.2, 0.25) is 5.02 Å². The fourth-order valence-corrected chi connectivity index (χ4v) is 4.64. The molecule has 2 aromatic heterocycles. The number of pyridine rings is 1. The van der Waals surface area contributed by atoms with E-state index in [0.717, 1.165) is 18.3 Å². The first kappa shape index (κ1) is 23.3. The summed E-state index contributed by atoms with van der Waals surface area (Å²) in [5.74, 6) is -0.282. The van der Waals surface area contributed by atoms with Gasteiger partial charge in [0.2, 0.25) is 11.7 Å². The van der Waals surface area contributed by atoms with Crippen LogP contribution in [0.25, 0.3) is 0 Å². The number of aromatic nitrogens is 3. The van der Waals surface area contributed by atoms with Gasteiger partial charge in [-0.1, -0.05) is 16.8 Å². The zero-order chi connectivity index (χ0) is 24.8. The summed E-state index contributed by atoms with van der Waals surface area (Å²) in [5, 5.41) is 6.72. The first-order chi connectivity index (χ1) is 16.6. The third kappa shape index (κ3) is 4.62. The molecular formula is C22H17ClF4N4O4. The van der Waals surface area contributed by atoms with Gasteiger partial charge >= 0.3 is 6.18 Å². The van der Waals surface area contributed by atoms with Crippen LogP contribution in [0.15, 0.2) is 41.2 Å². The lowest BCUT2D eigenvalue weighted by atomic mass is 9.39. The molecule has 1 aromatic carbocycles. The molecule has 3 fully saturated rings. The Kier molecular flexibility index (Phi) is 5.58. The van der Waals surface area contributed by atoms with Gasteiger partial charge in [0.25, 0.3) is 5.91 Å². The summed E-state index contributed by atoms with van der Waals surface area (Å²) in [4.78, 5) is 20.1. The first-order valence-electron chi connectivity index (χ1n) is 10.4. The maximum atomic E-state index is 13.5. The molecule has 3 aliphatic rings. The van der Waals surface area contributed by atoms with Crippen molar-refractivity contribution in [2.75, 3.05) is 6.61 Å². The van der Waals surface area contributed by atoms with E-state index < -0.39 is 17.6 Å². The van der Waals surface area contributed by atoms with Gasteiger partial charge in [0.05, 0.1) is 22.2 Å². The number of nitrogens with zero attached hydrogens (tertiary/aromatic N) is 3. The van der Waals surface area contributed by atoms with E-state index in [-0.39, 0.29) is 52.4 Å². The van der Waals surface area contributed by atoms with Crippen molar-refractivity contribution in [1.82, 2.24) is 20.4 Å². The number of hydrogen-bond acceptors (Lipinski definition) is 7. The Balaban J connectivity index is 1.10. The summed E-state index contributed by atoms with van der Waals surface area (Å²) in [5.41, 5.74) is -1.66. The lowest BCUT2D eigenvalue weighted by molar-refractivity contribution is -0.143. The van der Waals surface area contributed by atoms with Crippen LogP contribution in [0, 0.1) is 5.82 Å². The second kappa shape index (κ2) is 8.36. The summed E-state index contributed by atoms with van der Waals surface area (Å²) in [7, 11) is 0. The minimum atomic E-state index is -4.53. The zero-order valence-electron chi connectivity index (χ0n) is 17.9. The molecule has 2 bridgehead atoms. The Hall–Kier alpha value is -3.41. The topological polar surface area (TPSA) is 99.4 Å². The molecule has 0 radical (unpaired) electrons. The standard InChI is InChI=1S/C22H17ClF4N4O4/c23-15-2-1-13(4-16(15)24)34-8-18(32)30-21-9-20(10-21,11-21)19-29-17(31-35-19)7-33-14-3-12(5-28-6-14)22(25,26)27/h1-6H,7-11H2,(H,30,32). The van der Waals surface area contributed by atoms with Gasteiger partial charge in [0.15, 0.2) is 13.2 Å².